The molecule has 0 aliphatic rings. The molecule has 0 radical (unpaired) electrons. The van der Waals surface area contributed by atoms with E-state index in [1.54, 1.807) is 0 Å². The number of nitrogens with two attached hydrogens (primary N) is 1. The Morgan fingerprint density at radius 1 is 1.17 bits per heavy atom. The molecule has 0 bridgehead atoms. The van der Waals surface area contributed by atoms with Crippen molar-refractivity contribution in [2.24, 2.45) is 5.73 Å². The first-order valence-corrected chi connectivity index (χ1v) is 6.50. The fourth-order valence-corrected chi connectivity index (χ4v) is 2.04. The minimum absolute atomic E-state index is 0.344. The maximum atomic E-state index is 6.34. The average molecular weight is 243 g/mol. The predicted molar refractivity (Wildman–Crippen MR) is 75.2 cm³/mol. The Morgan fingerprint density at radius 2 is 1.78 bits per heavy atom. The highest BCUT2D eigenvalue weighted by atomic mass is 15.0. The molecule has 3 nitrogen and oxygen atoms in total. The number of nitrogens with zero attached hydrogens (tertiary/aromatic N) is 1. The Bertz CT molecular complexity index is 507. The molecule has 1 heterocycles. The summed E-state index contributed by atoms with van der Waals surface area (Å²) >= 11 is 0. The second kappa shape index (κ2) is 4.94. The molecule has 1 aromatic carbocycles. The monoisotopic (exact) mass is 243 g/mol. The van der Waals surface area contributed by atoms with E-state index >= 15 is 0 Å². The van der Waals surface area contributed by atoms with Crippen LogP contribution in [0.2, 0.25) is 0 Å². The molecule has 2 aromatic rings. The van der Waals surface area contributed by atoms with Crippen LogP contribution < -0.4 is 5.73 Å². The van der Waals surface area contributed by atoms with Crippen molar-refractivity contribution in [1.29, 1.82) is 0 Å². The molecular formula is C15H21N3. The van der Waals surface area contributed by atoms with E-state index in [0.29, 0.717) is 0 Å². The summed E-state index contributed by atoms with van der Waals surface area (Å²) in [5.74, 6) is 0.878. The van der Waals surface area contributed by atoms with Crippen LogP contribution in [0.1, 0.15) is 38.1 Å². The van der Waals surface area contributed by atoms with E-state index in [-0.39, 0.29) is 5.54 Å². The van der Waals surface area contributed by atoms with Crippen LogP contribution >= 0.6 is 0 Å². The Hall–Kier alpha value is -1.61. The molecule has 3 heteroatoms. The van der Waals surface area contributed by atoms with Crippen molar-refractivity contribution in [2.45, 2.75) is 39.2 Å². The standard InChI is InChI=1S/C15H21N3/c1-4-15(16,5-2)14-17-10-13(18-14)12-8-6-11(3)7-9-12/h6-10H,4-5,16H2,1-3H3,(H,17,18). The normalized spacial score (nSPS) is 11.8. The molecule has 0 fully saturated rings. The highest BCUT2D eigenvalue weighted by Crippen LogP contribution is 2.26. The molecule has 3 N–H and O–H groups in total. The number of aromatic nitrogens is 2. The molecule has 0 saturated carbocycles. The third kappa shape index (κ3) is 2.31. The maximum Gasteiger partial charge on any atom is 0.126 e. The summed E-state index contributed by atoms with van der Waals surface area (Å²) in [5.41, 5.74) is 9.43. The zero-order valence-corrected chi connectivity index (χ0v) is 11.3. The van der Waals surface area contributed by atoms with Gasteiger partial charge in [0, 0.05) is 0 Å². The smallest absolute Gasteiger partial charge is 0.126 e. The number of rotatable bonds is 4. The molecule has 0 aliphatic heterocycles. The number of imidazole rings is 1. The van der Waals surface area contributed by atoms with Gasteiger partial charge in [0.2, 0.25) is 0 Å². The summed E-state index contributed by atoms with van der Waals surface area (Å²) in [4.78, 5) is 7.80. The van der Waals surface area contributed by atoms with E-state index in [1.807, 2.05) is 6.20 Å². The molecule has 0 atom stereocenters. The van der Waals surface area contributed by atoms with Crippen LogP contribution in [0.3, 0.4) is 0 Å². The van der Waals surface area contributed by atoms with Crippen molar-refractivity contribution >= 4 is 0 Å². The Morgan fingerprint density at radius 3 is 2.33 bits per heavy atom. The van der Waals surface area contributed by atoms with Crippen LogP contribution in [0, 0.1) is 6.92 Å². The van der Waals surface area contributed by atoms with Crippen molar-refractivity contribution in [3.8, 4) is 11.3 Å². The highest BCUT2D eigenvalue weighted by Gasteiger charge is 2.26. The molecule has 18 heavy (non-hydrogen) atoms. The van der Waals surface area contributed by atoms with Crippen molar-refractivity contribution in [2.75, 3.05) is 0 Å². The molecule has 96 valence electrons. The van der Waals surface area contributed by atoms with Crippen LogP contribution in [0.15, 0.2) is 30.5 Å². The number of aromatic amines is 1. The van der Waals surface area contributed by atoms with Gasteiger partial charge in [-0.15, -0.1) is 0 Å². The Balaban J connectivity index is 2.33. The maximum absolute atomic E-state index is 6.34. The SMILES string of the molecule is CCC(N)(CC)c1ncc(-c2ccc(C)cc2)[nH]1. The highest BCUT2D eigenvalue weighted by molar-refractivity contribution is 5.58. The molecule has 0 unspecified atom stereocenters. The summed E-state index contributed by atoms with van der Waals surface area (Å²) in [7, 11) is 0. The molecule has 1 aromatic heterocycles. The Kier molecular flexibility index (Phi) is 3.53. The van der Waals surface area contributed by atoms with E-state index in [0.717, 1.165) is 29.9 Å². The Labute approximate surface area is 108 Å². The molecule has 2 rings (SSSR count). The quantitative estimate of drug-likeness (QED) is 0.865. The van der Waals surface area contributed by atoms with Crippen molar-refractivity contribution in [3.63, 3.8) is 0 Å². The largest absolute Gasteiger partial charge is 0.340 e. The lowest BCUT2D eigenvalue weighted by atomic mass is 9.93. The van der Waals surface area contributed by atoms with Gasteiger partial charge in [0.15, 0.2) is 0 Å². The summed E-state index contributed by atoms with van der Waals surface area (Å²) in [6.45, 7) is 6.27. The lowest BCUT2D eigenvalue weighted by Gasteiger charge is -2.23. The van der Waals surface area contributed by atoms with Gasteiger partial charge in [0.1, 0.15) is 5.82 Å². The van der Waals surface area contributed by atoms with Crippen LogP contribution in [0.25, 0.3) is 11.3 Å². The number of nitrogens with one attached hydrogen (secondary N) is 1. The number of aryl methyl sites for hydroxylation is 1. The van der Waals surface area contributed by atoms with E-state index < -0.39 is 0 Å². The van der Waals surface area contributed by atoms with E-state index in [4.69, 9.17) is 5.73 Å². The third-order valence-corrected chi connectivity index (χ3v) is 3.67. The third-order valence-electron chi connectivity index (χ3n) is 3.67. The van der Waals surface area contributed by atoms with Crippen molar-refractivity contribution in [1.82, 2.24) is 9.97 Å². The number of benzene rings is 1. The van der Waals surface area contributed by atoms with Gasteiger partial charge < -0.3 is 10.7 Å². The zero-order chi connectivity index (χ0) is 13.2. The van der Waals surface area contributed by atoms with E-state index in [1.165, 1.54) is 5.56 Å². The fourth-order valence-electron chi connectivity index (χ4n) is 2.04. The lowest BCUT2D eigenvalue weighted by Crippen LogP contribution is -2.36. The fraction of sp³-hybridized carbons (Fsp3) is 0.400. The first-order valence-electron chi connectivity index (χ1n) is 6.50. The minimum atomic E-state index is -0.344. The van der Waals surface area contributed by atoms with Gasteiger partial charge in [-0.05, 0) is 25.3 Å². The number of H-pyrrole nitrogens is 1. The van der Waals surface area contributed by atoms with Crippen molar-refractivity contribution in [3.05, 3.63) is 41.9 Å². The van der Waals surface area contributed by atoms with Gasteiger partial charge in [-0.2, -0.15) is 0 Å². The summed E-state index contributed by atoms with van der Waals surface area (Å²) in [6.07, 6.45) is 3.63. The van der Waals surface area contributed by atoms with Gasteiger partial charge >= 0.3 is 0 Å². The molecular weight excluding hydrogens is 222 g/mol. The summed E-state index contributed by atoms with van der Waals surface area (Å²) in [5, 5.41) is 0. The van der Waals surface area contributed by atoms with Gasteiger partial charge in [-0.1, -0.05) is 43.7 Å². The number of hydrogen-bond acceptors (Lipinski definition) is 2. The van der Waals surface area contributed by atoms with Crippen LogP contribution in [0.5, 0.6) is 0 Å². The van der Waals surface area contributed by atoms with Gasteiger partial charge in [0.25, 0.3) is 0 Å². The molecule has 0 spiro atoms. The lowest BCUT2D eigenvalue weighted by molar-refractivity contribution is 0.391. The average Bonchev–Trinajstić information content (AvgIpc) is 2.89. The van der Waals surface area contributed by atoms with Gasteiger partial charge in [-0.25, -0.2) is 4.98 Å². The summed E-state index contributed by atoms with van der Waals surface area (Å²) < 4.78 is 0. The van der Waals surface area contributed by atoms with E-state index in [2.05, 4.69) is 55.0 Å². The van der Waals surface area contributed by atoms with E-state index in [9.17, 15) is 0 Å². The first-order chi connectivity index (χ1) is 8.59. The predicted octanol–water partition coefficient (Wildman–Crippen LogP) is 3.36. The van der Waals surface area contributed by atoms with Crippen LogP contribution in [0.4, 0.5) is 0 Å². The minimum Gasteiger partial charge on any atom is -0.340 e. The molecule has 0 aliphatic carbocycles. The second-order valence-electron chi connectivity index (χ2n) is 4.87. The summed E-state index contributed by atoms with van der Waals surface area (Å²) in [6, 6.07) is 8.40. The number of hydrogen-bond donors (Lipinski definition) is 2. The topological polar surface area (TPSA) is 54.7 Å². The first kappa shape index (κ1) is 12.8. The molecule has 0 saturated heterocycles. The van der Waals surface area contributed by atoms with Crippen molar-refractivity contribution < 1.29 is 0 Å². The van der Waals surface area contributed by atoms with Crippen LogP contribution in [-0.4, -0.2) is 9.97 Å². The van der Waals surface area contributed by atoms with Crippen LogP contribution in [-0.2, 0) is 5.54 Å². The molecule has 0 amide bonds. The second-order valence-corrected chi connectivity index (χ2v) is 4.87. The van der Waals surface area contributed by atoms with Gasteiger partial charge in [-0.3, -0.25) is 0 Å². The van der Waals surface area contributed by atoms with Gasteiger partial charge in [0.05, 0.1) is 17.4 Å². The zero-order valence-electron chi connectivity index (χ0n) is 11.3.